The molecular weight excluding hydrogens is 241 g/mol. The number of hydrogen-bond acceptors (Lipinski definition) is 1. The maximum absolute atomic E-state index is 6.18. The third-order valence-corrected chi connectivity index (χ3v) is 4.06. The topological polar surface area (TPSA) is 12.0 Å². The normalized spacial score (nSPS) is 24.9. The zero-order valence-electron chi connectivity index (χ0n) is 9.47. The maximum atomic E-state index is 6.18. The zero-order valence-corrected chi connectivity index (χ0v) is 11.0. The Hall–Kier alpha value is -0.240. The van der Waals surface area contributed by atoms with Crippen molar-refractivity contribution in [2.45, 2.75) is 31.7 Å². The molecule has 3 heteroatoms. The van der Waals surface area contributed by atoms with Crippen LogP contribution in [0.3, 0.4) is 0 Å². The van der Waals surface area contributed by atoms with E-state index in [1.165, 1.54) is 24.8 Å². The minimum Gasteiger partial charge on any atom is -0.317 e. The first kappa shape index (κ1) is 12.2. The van der Waals surface area contributed by atoms with E-state index in [2.05, 4.69) is 11.4 Å². The van der Waals surface area contributed by atoms with E-state index >= 15 is 0 Å². The molecule has 0 heterocycles. The van der Waals surface area contributed by atoms with Crippen molar-refractivity contribution in [3.63, 3.8) is 0 Å². The largest absolute Gasteiger partial charge is 0.317 e. The molecule has 1 N–H and O–H groups in total. The minimum absolute atomic E-state index is 0.691. The zero-order chi connectivity index (χ0) is 11.5. The summed E-state index contributed by atoms with van der Waals surface area (Å²) in [4.78, 5) is 0. The Morgan fingerprint density at radius 3 is 2.75 bits per heavy atom. The van der Waals surface area contributed by atoms with Gasteiger partial charge >= 0.3 is 0 Å². The van der Waals surface area contributed by atoms with E-state index < -0.39 is 0 Å². The molecule has 2 unspecified atom stereocenters. The van der Waals surface area contributed by atoms with Gasteiger partial charge in [0.15, 0.2) is 0 Å². The number of hydrogen-bond donors (Lipinski definition) is 1. The van der Waals surface area contributed by atoms with Crippen molar-refractivity contribution in [3.8, 4) is 0 Å². The fraction of sp³-hybridized carbons (Fsp3) is 0.538. The van der Waals surface area contributed by atoms with Crippen LogP contribution >= 0.6 is 23.2 Å². The summed E-state index contributed by atoms with van der Waals surface area (Å²) in [6.45, 7) is 0. The summed E-state index contributed by atoms with van der Waals surface area (Å²) in [5.41, 5.74) is 1.23. The van der Waals surface area contributed by atoms with Crippen LogP contribution < -0.4 is 5.32 Å². The number of halogens is 2. The van der Waals surface area contributed by atoms with Gasteiger partial charge in [-0.1, -0.05) is 29.3 Å². The molecule has 2 atom stereocenters. The summed E-state index contributed by atoms with van der Waals surface area (Å²) in [5, 5.41) is 4.87. The van der Waals surface area contributed by atoms with Crippen LogP contribution in [0.15, 0.2) is 18.2 Å². The van der Waals surface area contributed by atoms with Gasteiger partial charge in [-0.2, -0.15) is 0 Å². The quantitative estimate of drug-likeness (QED) is 0.866. The molecule has 1 saturated carbocycles. The molecule has 0 spiro atoms. The number of rotatable bonds is 3. The number of nitrogens with one attached hydrogen (secondary N) is 1. The molecule has 0 radical (unpaired) electrons. The van der Waals surface area contributed by atoms with E-state index in [0.29, 0.717) is 11.1 Å². The third-order valence-electron chi connectivity index (χ3n) is 3.47. The lowest BCUT2D eigenvalue weighted by molar-refractivity contribution is 0.510. The summed E-state index contributed by atoms with van der Waals surface area (Å²) < 4.78 is 0. The highest BCUT2D eigenvalue weighted by molar-refractivity contribution is 6.35. The molecule has 88 valence electrons. The maximum Gasteiger partial charge on any atom is 0.0452 e. The van der Waals surface area contributed by atoms with Gasteiger partial charge in [0.05, 0.1) is 0 Å². The van der Waals surface area contributed by atoms with E-state index in [-0.39, 0.29) is 0 Å². The van der Waals surface area contributed by atoms with E-state index in [4.69, 9.17) is 23.2 Å². The standard InChI is InChI=1S/C13H17Cl2N/c1-16-12-5-2-9(7-12)6-10-3-4-11(14)8-13(10)15/h3-4,8-9,12,16H,2,5-7H2,1H3. The van der Waals surface area contributed by atoms with E-state index in [9.17, 15) is 0 Å². The Labute approximate surface area is 107 Å². The van der Waals surface area contributed by atoms with Crippen LogP contribution in [0.5, 0.6) is 0 Å². The van der Waals surface area contributed by atoms with Crippen LogP contribution in [-0.4, -0.2) is 13.1 Å². The molecule has 0 aliphatic heterocycles. The lowest BCUT2D eigenvalue weighted by atomic mass is 9.98. The summed E-state index contributed by atoms with van der Waals surface area (Å²) in [5.74, 6) is 0.760. The second-order valence-electron chi connectivity index (χ2n) is 4.60. The summed E-state index contributed by atoms with van der Waals surface area (Å²) >= 11 is 12.1. The highest BCUT2D eigenvalue weighted by Gasteiger charge is 2.23. The fourth-order valence-corrected chi connectivity index (χ4v) is 3.01. The highest BCUT2D eigenvalue weighted by Crippen LogP contribution is 2.31. The average molecular weight is 258 g/mol. The first-order valence-electron chi connectivity index (χ1n) is 5.80. The Morgan fingerprint density at radius 2 is 2.12 bits per heavy atom. The molecule has 2 rings (SSSR count). The van der Waals surface area contributed by atoms with Crippen molar-refractivity contribution in [2.24, 2.45) is 5.92 Å². The van der Waals surface area contributed by atoms with Crippen molar-refractivity contribution in [2.75, 3.05) is 7.05 Å². The molecule has 1 fully saturated rings. The van der Waals surface area contributed by atoms with Crippen LogP contribution in [-0.2, 0) is 6.42 Å². The smallest absolute Gasteiger partial charge is 0.0452 e. The molecule has 1 aromatic rings. The van der Waals surface area contributed by atoms with E-state index in [1.807, 2.05) is 19.2 Å². The molecule has 0 saturated heterocycles. The molecule has 0 bridgehead atoms. The molecule has 1 aliphatic rings. The number of benzene rings is 1. The Bertz CT molecular complexity index is 365. The average Bonchev–Trinajstić information content (AvgIpc) is 2.70. The monoisotopic (exact) mass is 257 g/mol. The summed E-state index contributed by atoms with van der Waals surface area (Å²) in [7, 11) is 2.04. The van der Waals surface area contributed by atoms with Crippen LogP contribution in [0.25, 0.3) is 0 Å². The lowest BCUT2D eigenvalue weighted by Crippen LogP contribution is -2.21. The van der Waals surface area contributed by atoms with Gasteiger partial charge < -0.3 is 5.32 Å². The van der Waals surface area contributed by atoms with Gasteiger partial charge in [0.25, 0.3) is 0 Å². The summed E-state index contributed by atoms with van der Waals surface area (Å²) in [6.07, 6.45) is 4.92. The minimum atomic E-state index is 0.691. The van der Waals surface area contributed by atoms with Gasteiger partial charge in [-0.15, -0.1) is 0 Å². The summed E-state index contributed by atoms with van der Waals surface area (Å²) in [6, 6.07) is 6.50. The van der Waals surface area contributed by atoms with Crippen LogP contribution in [0.2, 0.25) is 10.0 Å². The van der Waals surface area contributed by atoms with Gasteiger partial charge in [0, 0.05) is 16.1 Å². The fourth-order valence-electron chi connectivity index (χ4n) is 2.52. The lowest BCUT2D eigenvalue weighted by Gasteiger charge is -2.12. The molecule has 0 aromatic heterocycles. The van der Waals surface area contributed by atoms with Crippen molar-refractivity contribution >= 4 is 23.2 Å². The van der Waals surface area contributed by atoms with Crippen LogP contribution in [0.4, 0.5) is 0 Å². The second kappa shape index (κ2) is 5.39. The molecular formula is C13H17Cl2N. The SMILES string of the molecule is CNC1CCC(Cc2ccc(Cl)cc2Cl)C1. The Kier molecular flexibility index (Phi) is 4.12. The van der Waals surface area contributed by atoms with Crippen LogP contribution in [0, 0.1) is 5.92 Å². The van der Waals surface area contributed by atoms with Gasteiger partial charge in [0.1, 0.15) is 0 Å². The molecule has 1 aromatic carbocycles. The predicted molar refractivity (Wildman–Crippen MR) is 70.4 cm³/mol. The van der Waals surface area contributed by atoms with Crippen molar-refractivity contribution in [3.05, 3.63) is 33.8 Å². The first-order chi connectivity index (χ1) is 7.69. The Morgan fingerprint density at radius 1 is 1.31 bits per heavy atom. The highest BCUT2D eigenvalue weighted by atomic mass is 35.5. The third kappa shape index (κ3) is 2.91. The van der Waals surface area contributed by atoms with E-state index in [0.717, 1.165) is 17.4 Å². The first-order valence-corrected chi connectivity index (χ1v) is 6.56. The Balaban J connectivity index is 1.99. The van der Waals surface area contributed by atoms with Gasteiger partial charge in [-0.05, 0) is 56.3 Å². The van der Waals surface area contributed by atoms with Gasteiger partial charge in [-0.3, -0.25) is 0 Å². The predicted octanol–water partition coefficient (Wildman–Crippen LogP) is 3.92. The molecule has 16 heavy (non-hydrogen) atoms. The second-order valence-corrected chi connectivity index (χ2v) is 5.45. The molecule has 0 amide bonds. The van der Waals surface area contributed by atoms with Crippen LogP contribution in [0.1, 0.15) is 24.8 Å². The van der Waals surface area contributed by atoms with Gasteiger partial charge in [-0.25, -0.2) is 0 Å². The molecule has 1 nitrogen and oxygen atoms in total. The van der Waals surface area contributed by atoms with E-state index in [1.54, 1.807) is 0 Å². The van der Waals surface area contributed by atoms with Crippen molar-refractivity contribution in [1.82, 2.24) is 5.32 Å². The molecule has 1 aliphatic carbocycles. The van der Waals surface area contributed by atoms with Gasteiger partial charge in [0.2, 0.25) is 0 Å². The van der Waals surface area contributed by atoms with Crippen molar-refractivity contribution in [1.29, 1.82) is 0 Å². The van der Waals surface area contributed by atoms with Crippen molar-refractivity contribution < 1.29 is 0 Å².